The predicted molar refractivity (Wildman–Crippen MR) is 57.8 cm³/mol. The normalized spacial score (nSPS) is 19.5. The molecular weight excluding hydrogens is 176 g/mol. The van der Waals surface area contributed by atoms with Gasteiger partial charge in [-0.1, -0.05) is 25.5 Å². The van der Waals surface area contributed by atoms with Crippen molar-refractivity contribution in [2.45, 2.75) is 33.2 Å². The molecule has 0 bridgehead atoms. The van der Waals surface area contributed by atoms with Crippen molar-refractivity contribution in [3.63, 3.8) is 0 Å². The van der Waals surface area contributed by atoms with E-state index in [1.807, 2.05) is 18.7 Å². The lowest BCUT2D eigenvalue weighted by atomic mass is 10.0. The smallest absolute Gasteiger partial charge is 0.240 e. The molecule has 1 atom stereocenters. The lowest BCUT2D eigenvalue weighted by Gasteiger charge is -2.29. The summed E-state index contributed by atoms with van der Waals surface area (Å²) in [6.45, 7) is 7.61. The van der Waals surface area contributed by atoms with Crippen molar-refractivity contribution in [1.29, 1.82) is 0 Å². The fourth-order valence-electron chi connectivity index (χ4n) is 1.47. The summed E-state index contributed by atoms with van der Waals surface area (Å²) in [6, 6.07) is -0.346. The molecule has 0 radical (unpaired) electrons. The van der Waals surface area contributed by atoms with Crippen LogP contribution >= 0.6 is 0 Å². The first-order chi connectivity index (χ1) is 6.52. The molecule has 0 saturated carbocycles. The van der Waals surface area contributed by atoms with E-state index in [1.165, 1.54) is 5.57 Å². The number of hydrogen-bond donors (Lipinski definition) is 1. The van der Waals surface area contributed by atoms with Crippen molar-refractivity contribution in [3.8, 4) is 0 Å². The lowest BCUT2D eigenvalue weighted by molar-refractivity contribution is -0.133. The van der Waals surface area contributed by atoms with Crippen LogP contribution in [0.15, 0.2) is 11.6 Å². The van der Waals surface area contributed by atoms with Gasteiger partial charge in [-0.3, -0.25) is 4.79 Å². The number of nitrogens with zero attached hydrogens (tertiary/aromatic N) is 1. The molecule has 0 spiro atoms. The second-order valence-corrected chi connectivity index (χ2v) is 4.35. The number of carbonyl (C=O) groups excluding carboxylic acids is 1. The van der Waals surface area contributed by atoms with E-state index in [4.69, 9.17) is 5.73 Å². The zero-order valence-corrected chi connectivity index (χ0v) is 9.29. The van der Waals surface area contributed by atoms with Crippen LogP contribution in [0.2, 0.25) is 0 Å². The number of nitrogens with two attached hydrogens (primary N) is 1. The van der Waals surface area contributed by atoms with Crippen molar-refractivity contribution in [2.24, 2.45) is 11.7 Å². The first-order valence-corrected chi connectivity index (χ1v) is 5.22. The molecule has 1 aliphatic heterocycles. The minimum atomic E-state index is -0.346. The molecule has 0 aliphatic carbocycles. The Morgan fingerprint density at radius 3 is 2.64 bits per heavy atom. The Morgan fingerprint density at radius 2 is 2.21 bits per heavy atom. The van der Waals surface area contributed by atoms with E-state index in [-0.39, 0.29) is 17.9 Å². The third kappa shape index (κ3) is 2.58. The van der Waals surface area contributed by atoms with Gasteiger partial charge in [-0.05, 0) is 19.3 Å². The Morgan fingerprint density at radius 1 is 1.57 bits per heavy atom. The van der Waals surface area contributed by atoms with E-state index >= 15 is 0 Å². The van der Waals surface area contributed by atoms with Crippen LogP contribution in [0.5, 0.6) is 0 Å². The van der Waals surface area contributed by atoms with Crippen molar-refractivity contribution in [2.75, 3.05) is 13.1 Å². The highest BCUT2D eigenvalue weighted by Gasteiger charge is 2.23. The molecule has 1 amide bonds. The quantitative estimate of drug-likeness (QED) is 0.673. The van der Waals surface area contributed by atoms with E-state index in [1.54, 1.807) is 0 Å². The zero-order valence-electron chi connectivity index (χ0n) is 9.29. The van der Waals surface area contributed by atoms with Gasteiger partial charge in [-0.2, -0.15) is 0 Å². The van der Waals surface area contributed by atoms with E-state index in [0.29, 0.717) is 0 Å². The average molecular weight is 196 g/mol. The number of carbonyl (C=O) groups is 1. The molecule has 2 N–H and O–H groups in total. The van der Waals surface area contributed by atoms with Crippen molar-refractivity contribution in [3.05, 3.63) is 11.6 Å². The van der Waals surface area contributed by atoms with Crippen LogP contribution in [0.4, 0.5) is 0 Å². The molecule has 1 aliphatic rings. The maximum atomic E-state index is 11.8. The topological polar surface area (TPSA) is 46.3 Å². The third-order valence-corrected chi connectivity index (χ3v) is 2.75. The van der Waals surface area contributed by atoms with Gasteiger partial charge in [0.15, 0.2) is 0 Å². The zero-order chi connectivity index (χ0) is 10.7. The summed E-state index contributed by atoms with van der Waals surface area (Å²) in [5.41, 5.74) is 7.18. The Labute approximate surface area is 86.0 Å². The van der Waals surface area contributed by atoms with Gasteiger partial charge in [0, 0.05) is 13.1 Å². The summed E-state index contributed by atoms with van der Waals surface area (Å²) >= 11 is 0. The van der Waals surface area contributed by atoms with Crippen LogP contribution in [-0.2, 0) is 4.79 Å². The summed E-state index contributed by atoms with van der Waals surface area (Å²) in [5.74, 6) is 0.304. The molecule has 14 heavy (non-hydrogen) atoms. The highest BCUT2D eigenvalue weighted by atomic mass is 16.2. The standard InChI is InChI=1S/C11H20N2O/c1-8(2)10(12)11(14)13-6-4-9(3)5-7-13/h4,8,10H,5-7,12H2,1-3H3. The Kier molecular flexibility index (Phi) is 3.69. The molecular formula is C11H20N2O. The highest BCUT2D eigenvalue weighted by molar-refractivity contribution is 5.82. The molecule has 1 heterocycles. The van der Waals surface area contributed by atoms with Crippen LogP contribution in [0.3, 0.4) is 0 Å². The fourth-order valence-corrected chi connectivity index (χ4v) is 1.47. The monoisotopic (exact) mass is 196 g/mol. The minimum absolute atomic E-state index is 0.0868. The van der Waals surface area contributed by atoms with Crippen molar-refractivity contribution >= 4 is 5.91 Å². The average Bonchev–Trinajstić information content (AvgIpc) is 2.16. The van der Waals surface area contributed by atoms with Gasteiger partial charge in [0.25, 0.3) is 0 Å². The number of hydrogen-bond acceptors (Lipinski definition) is 2. The van der Waals surface area contributed by atoms with Crippen LogP contribution in [0, 0.1) is 5.92 Å². The highest BCUT2D eigenvalue weighted by Crippen LogP contribution is 2.12. The number of rotatable bonds is 2. The Balaban J connectivity index is 2.54. The summed E-state index contributed by atoms with van der Waals surface area (Å²) in [7, 11) is 0. The molecule has 3 nitrogen and oxygen atoms in total. The predicted octanol–water partition coefficient (Wildman–Crippen LogP) is 1.15. The first kappa shape index (κ1) is 11.2. The molecule has 3 heteroatoms. The van der Waals surface area contributed by atoms with E-state index in [9.17, 15) is 4.79 Å². The Hall–Kier alpha value is -0.830. The van der Waals surface area contributed by atoms with Gasteiger partial charge in [-0.25, -0.2) is 0 Å². The number of amides is 1. The molecule has 0 aromatic heterocycles. The van der Waals surface area contributed by atoms with Crippen molar-refractivity contribution in [1.82, 2.24) is 4.90 Å². The maximum Gasteiger partial charge on any atom is 0.240 e. The van der Waals surface area contributed by atoms with Crippen molar-refractivity contribution < 1.29 is 4.79 Å². The first-order valence-electron chi connectivity index (χ1n) is 5.22. The molecule has 0 fully saturated rings. The van der Waals surface area contributed by atoms with Gasteiger partial charge in [0.2, 0.25) is 5.91 Å². The molecule has 0 saturated heterocycles. The van der Waals surface area contributed by atoms with Gasteiger partial charge >= 0.3 is 0 Å². The Bertz CT molecular complexity index is 246. The third-order valence-electron chi connectivity index (χ3n) is 2.75. The lowest BCUT2D eigenvalue weighted by Crippen LogP contribution is -2.47. The fraction of sp³-hybridized carbons (Fsp3) is 0.727. The molecule has 1 unspecified atom stereocenters. The van der Waals surface area contributed by atoms with E-state index in [0.717, 1.165) is 19.5 Å². The van der Waals surface area contributed by atoms with Gasteiger partial charge in [0.1, 0.15) is 0 Å². The molecule has 0 aromatic carbocycles. The van der Waals surface area contributed by atoms with Crippen LogP contribution in [0.25, 0.3) is 0 Å². The largest absolute Gasteiger partial charge is 0.337 e. The second-order valence-electron chi connectivity index (χ2n) is 4.35. The molecule has 80 valence electrons. The van der Waals surface area contributed by atoms with Gasteiger partial charge in [-0.15, -0.1) is 0 Å². The van der Waals surface area contributed by atoms with Gasteiger partial charge in [0.05, 0.1) is 6.04 Å². The van der Waals surface area contributed by atoms with Crippen LogP contribution in [-0.4, -0.2) is 29.9 Å². The van der Waals surface area contributed by atoms with E-state index in [2.05, 4.69) is 13.0 Å². The molecule has 1 rings (SSSR count). The summed E-state index contributed by atoms with van der Waals surface area (Å²) in [6.07, 6.45) is 3.09. The molecule has 0 aromatic rings. The summed E-state index contributed by atoms with van der Waals surface area (Å²) in [4.78, 5) is 13.7. The second kappa shape index (κ2) is 4.60. The minimum Gasteiger partial charge on any atom is -0.337 e. The van der Waals surface area contributed by atoms with Crippen LogP contribution in [0.1, 0.15) is 27.2 Å². The summed E-state index contributed by atoms with van der Waals surface area (Å²) < 4.78 is 0. The SMILES string of the molecule is CC1=CCN(C(=O)C(N)C(C)C)CC1. The van der Waals surface area contributed by atoms with Gasteiger partial charge < -0.3 is 10.6 Å². The summed E-state index contributed by atoms with van der Waals surface area (Å²) in [5, 5.41) is 0. The van der Waals surface area contributed by atoms with E-state index < -0.39 is 0 Å². The van der Waals surface area contributed by atoms with Crippen LogP contribution < -0.4 is 5.73 Å². The maximum absolute atomic E-state index is 11.8.